The van der Waals surface area contributed by atoms with Gasteiger partial charge in [0, 0.05) is 22.4 Å². The molecule has 0 saturated carbocycles. The van der Waals surface area contributed by atoms with Gasteiger partial charge in [0.1, 0.15) is 12.4 Å². The van der Waals surface area contributed by atoms with Gasteiger partial charge in [0.2, 0.25) is 5.88 Å². The molecule has 0 atom stereocenters. The van der Waals surface area contributed by atoms with Crippen LogP contribution in [0.5, 0.6) is 5.88 Å². The fourth-order valence-electron chi connectivity index (χ4n) is 1.56. The van der Waals surface area contributed by atoms with Crippen LogP contribution in [0.15, 0.2) is 28.7 Å². The second-order valence-corrected chi connectivity index (χ2v) is 4.38. The van der Waals surface area contributed by atoms with Gasteiger partial charge < -0.3 is 15.2 Å². The fourth-order valence-corrected chi connectivity index (χ4v) is 2.04. The minimum absolute atomic E-state index is 0.441. The smallest absolute Gasteiger partial charge is 0.223 e. The highest BCUT2D eigenvalue weighted by atomic mass is 79.9. The highest BCUT2D eigenvalue weighted by Gasteiger charge is 2.07. The van der Waals surface area contributed by atoms with Crippen LogP contribution in [0.2, 0.25) is 0 Å². The van der Waals surface area contributed by atoms with Gasteiger partial charge >= 0.3 is 0 Å². The standard InChI is InChI=1S/C12H13BrN2O2/c1-16-5-6-17-12-8-3-2-4-10(13)9(8)7-11(14)15-12/h2-4,7H,5-6H2,1H3,(H2,14,15). The summed E-state index contributed by atoms with van der Waals surface area (Å²) in [4.78, 5) is 4.19. The number of pyridine rings is 1. The molecule has 2 N–H and O–H groups in total. The number of rotatable bonds is 4. The van der Waals surface area contributed by atoms with Gasteiger partial charge in [0.15, 0.2) is 0 Å². The van der Waals surface area contributed by atoms with Crippen LogP contribution in [0.3, 0.4) is 0 Å². The summed E-state index contributed by atoms with van der Waals surface area (Å²) in [7, 11) is 1.63. The first-order chi connectivity index (χ1) is 8.22. The first-order valence-electron chi connectivity index (χ1n) is 5.19. The number of halogens is 1. The second-order valence-electron chi connectivity index (χ2n) is 3.53. The van der Waals surface area contributed by atoms with E-state index in [2.05, 4.69) is 20.9 Å². The van der Waals surface area contributed by atoms with E-state index in [1.165, 1.54) is 0 Å². The monoisotopic (exact) mass is 296 g/mol. The maximum absolute atomic E-state index is 5.75. The molecule has 0 amide bonds. The predicted molar refractivity (Wildman–Crippen MR) is 71.2 cm³/mol. The minimum Gasteiger partial charge on any atom is -0.475 e. The lowest BCUT2D eigenvalue weighted by Gasteiger charge is -2.09. The number of hydrogen-bond donors (Lipinski definition) is 1. The van der Waals surface area contributed by atoms with Crippen LogP contribution in [0, 0.1) is 0 Å². The summed E-state index contributed by atoms with van der Waals surface area (Å²) >= 11 is 3.48. The average Bonchev–Trinajstić information content (AvgIpc) is 2.31. The van der Waals surface area contributed by atoms with Gasteiger partial charge in [-0.1, -0.05) is 22.0 Å². The molecule has 0 aliphatic carbocycles. The Morgan fingerprint density at radius 3 is 2.88 bits per heavy atom. The number of aromatic nitrogens is 1. The van der Waals surface area contributed by atoms with Gasteiger partial charge in [-0.2, -0.15) is 4.98 Å². The van der Waals surface area contributed by atoms with Gasteiger partial charge in [-0.3, -0.25) is 0 Å². The Morgan fingerprint density at radius 2 is 2.12 bits per heavy atom. The van der Waals surface area contributed by atoms with Crippen LogP contribution in [0.1, 0.15) is 0 Å². The summed E-state index contributed by atoms with van der Waals surface area (Å²) in [6.45, 7) is 0.973. The van der Waals surface area contributed by atoms with Gasteiger partial charge in [0.05, 0.1) is 6.61 Å². The lowest BCUT2D eigenvalue weighted by atomic mass is 10.1. The lowest BCUT2D eigenvalue weighted by Crippen LogP contribution is -2.06. The van der Waals surface area contributed by atoms with Crippen LogP contribution < -0.4 is 10.5 Å². The SMILES string of the molecule is COCCOc1nc(N)cc2c(Br)cccc12. The van der Waals surface area contributed by atoms with Crippen molar-refractivity contribution in [3.8, 4) is 5.88 Å². The summed E-state index contributed by atoms with van der Waals surface area (Å²) in [5.41, 5.74) is 5.75. The zero-order valence-corrected chi connectivity index (χ0v) is 11.0. The molecule has 1 aromatic carbocycles. The quantitative estimate of drug-likeness (QED) is 0.881. The molecule has 2 rings (SSSR count). The molecule has 0 saturated heterocycles. The van der Waals surface area contributed by atoms with E-state index in [9.17, 15) is 0 Å². The second kappa shape index (κ2) is 5.33. The zero-order chi connectivity index (χ0) is 12.3. The Labute approximate surface area is 108 Å². The number of nitrogens with two attached hydrogens (primary N) is 1. The molecule has 0 unspecified atom stereocenters. The van der Waals surface area contributed by atoms with E-state index in [1.807, 2.05) is 24.3 Å². The molecule has 17 heavy (non-hydrogen) atoms. The molecule has 1 heterocycles. The Kier molecular flexibility index (Phi) is 3.81. The molecule has 1 aromatic heterocycles. The van der Waals surface area contributed by atoms with E-state index >= 15 is 0 Å². The predicted octanol–water partition coefficient (Wildman–Crippen LogP) is 2.60. The van der Waals surface area contributed by atoms with Crippen LogP contribution in [-0.2, 0) is 4.74 Å². The normalized spacial score (nSPS) is 10.7. The number of hydrogen-bond acceptors (Lipinski definition) is 4. The zero-order valence-electron chi connectivity index (χ0n) is 9.44. The van der Waals surface area contributed by atoms with Crippen molar-refractivity contribution in [3.05, 3.63) is 28.7 Å². The number of benzene rings is 1. The molecule has 0 bridgehead atoms. The Bertz CT molecular complexity index is 531. The maximum Gasteiger partial charge on any atom is 0.223 e. The van der Waals surface area contributed by atoms with Crippen molar-refractivity contribution < 1.29 is 9.47 Å². The van der Waals surface area contributed by atoms with E-state index in [0.29, 0.717) is 24.9 Å². The number of fused-ring (bicyclic) bond motifs is 1. The highest BCUT2D eigenvalue weighted by molar-refractivity contribution is 9.10. The molecular formula is C12H13BrN2O2. The van der Waals surface area contributed by atoms with E-state index in [4.69, 9.17) is 15.2 Å². The lowest BCUT2D eigenvalue weighted by molar-refractivity contribution is 0.145. The van der Waals surface area contributed by atoms with E-state index in [1.54, 1.807) is 7.11 Å². The summed E-state index contributed by atoms with van der Waals surface area (Å²) < 4.78 is 11.5. The van der Waals surface area contributed by atoms with Gasteiger partial charge in [-0.15, -0.1) is 0 Å². The average molecular weight is 297 g/mol. The Balaban J connectivity index is 2.43. The van der Waals surface area contributed by atoms with Crippen LogP contribution in [0.25, 0.3) is 10.8 Å². The first kappa shape index (κ1) is 12.1. The molecule has 0 aliphatic rings. The number of methoxy groups -OCH3 is 1. The third-order valence-electron chi connectivity index (χ3n) is 2.33. The largest absolute Gasteiger partial charge is 0.475 e. The fraction of sp³-hybridized carbons (Fsp3) is 0.250. The van der Waals surface area contributed by atoms with Gasteiger partial charge in [-0.05, 0) is 18.2 Å². The molecular weight excluding hydrogens is 284 g/mol. The van der Waals surface area contributed by atoms with Gasteiger partial charge in [0.25, 0.3) is 0 Å². The van der Waals surface area contributed by atoms with Crippen LogP contribution >= 0.6 is 15.9 Å². The van der Waals surface area contributed by atoms with Crippen molar-refractivity contribution in [1.29, 1.82) is 0 Å². The molecule has 0 radical (unpaired) electrons. The molecule has 4 nitrogen and oxygen atoms in total. The third-order valence-corrected chi connectivity index (χ3v) is 3.02. The molecule has 90 valence electrons. The molecule has 0 aliphatic heterocycles. The summed E-state index contributed by atoms with van der Waals surface area (Å²) in [6.07, 6.45) is 0. The number of anilines is 1. The number of nitrogens with zero attached hydrogens (tertiary/aromatic N) is 1. The minimum atomic E-state index is 0.441. The maximum atomic E-state index is 5.75. The third kappa shape index (κ3) is 2.68. The van der Waals surface area contributed by atoms with Crippen LogP contribution in [0.4, 0.5) is 5.82 Å². The van der Waals surface area contributed by atoms with Crippen LogP contribution in [-0.4, -0.2) is 25.3 Å². The highest BCUT2D eigenvalue weighted by Crippen LogP contribution is 2.30. The molecule has 0 fully saturated rings. The molecule has 0 spiro atoms. The van der Waals surface area contributed by atoms with E-state index < -0.39 is 0 Å². The first-order valence-corrected chi connectivity index (χ1v) is 5.98. The summed E-state index contributed by atoms with van der Waals surface area (Å²) in [5.74, 6) is 0.982. The summed E-state index contributed by atoms with van der Waals surface area (Å²) in [6, 6.07) is 7.67. The van der Waals surface area contributed by atoms with Gasteiger partial charge in [-0.25, -0.2) is 0 Å². The van der Waals surface area contributed by atoms with Crippen molar-refractivity contribution in [2.45, 2.75) is 0 Å². The van der Waals surface area contributed by atoms with E-state index in [0.717, 1.165) is 15.2 Å². The van der Waals surface area contributed by atoms with Crippen molar-refractivity contribution in [3.63, 3.8) is 0 Å². The molecule has 5 heteroatoms. The number of ether oxygens (including phenoxy) is 2. The summed E-state index contributed by atoms with van der Waals surface area (Å²) in [5, 5.41) is 1.93. The topological polar surface area (TPSA) is 57.4 Å². The van der Waals surface area contributed by atoms with Crippen molar-refractivity contribution in [2.24, 2.45) is 0 Å². The molecule has 2 aromatic rings. The van der Waals surface area contributed by atoms with Crippen molar-refractivity contribution in [1.82, 2.24) is 4.98 Å². The Hall–Kier alpha value is -1.33. The number of nitrogen functional groups attached to an aromatic ring is 1. The Morgan fingerprint density at radius 1 is 1.29 bits per heavy atom. The van der Waals surface area contributed by atoms with Crippen molar-refractivity contribution >= 4 is 32.5 Å². The van der Waals surface area contributed by atoms with E-state index in [-0.39, 0.29) is 0 Å². The van der Waals surface area contributed by atoms with Crippen molar-refractivity contribution in [2.75, 3.05) is 26.1 Å².